The quantitative estimate of drug-likeness (QED) is 0.119. The van der Waals surface area contributed by atoms with E-state index in [1.807, 2.05) is 59.2 Å². The highest BCUT2D eigenvalue weighted by Crippen LogP contribution is 2.42. The summed E-state index contributed by atoms with van der Waals surface area (Å²) in [5, 5.41) is 2.21. The number of imidazole rings is 1. The van der Waals surface area contributed by atoms with E-state index in [0.717, 1.165) is 66.4 Å². The van der Waals surface area contributed by atoms with Crippen molar-refractivity contribution in [3.8, 4) is 50.9 Å². The fourth-order valence-electron chi connectivity index (χ4n) is 9.26. The molecule has 60 heavy (non-hydrogen) atoms. The third kappa shape index (κ3) is 5.63. The van der Waals surface area contributed by atoms with Gasteiger partial charge >= 0.3 is 0 Å². The van der Waals surface area contributed by atoms with E-state index >= 15 is 0 Å². The molecule has 0 fully saturated rings. The van der Waals surface area contributed by atoms with Crippen molar-refractivity contribution in [1.29, 1.82) is 0 Å². The molecule has 0 atom stereocenters. The fourth-order valence-corrected chi connectivity index (χ4v) is 9.26. The predicted molar refractivity (Wildman–Crippen MR) is 242 cm³/mol. The van der Waals surface area contributed by atoms with Crippen molar-refractivity contribution >= 4 is 38.5 Å². The topological polar surface area (TPSA) is 39.1 Å². The van der Waals surface area contributed by atoms with Crippen molar-refractivity contribution in [3.05, 3.63) is 193 Å². The molecule has 0 aliphatic carbocycles. The van der Waals surface area contributed by atoms with E-state index in [1.165, 1.54) is 16.8 Å². The maximum atomic E-state index is 9.02. The van der Waals surface area contributed by atoms with Crippen LogP contribution < -0.4 is 14.2 Å². The van der Waals surface area contributed by atoms with Crippen LogP contribution >= 0.6 is 0 Å². The van der Waals surface area contributed by atoms with Crippen LogP contribution in [0.2, 0.25) is 0 Å². The number of aromatic nitrogens is 4. The Balaban J connectivity index is 1.01. The lowest BCUT2D eigenvalue weighted by Crippen LogP contribution is -2.35. The fraction of sp³-hybridized carbons (Fsp3) is 0.111. The summed E-state index contributed by atoms with van der Waals surface area (Å²) in [7, 11) is 0. The molecule has 0 saturated carbocycles. The molecule has 12 rings (SSSR count). The zero-order valence-corrected chi connectivity index (χ0v) is 32.4. The van der Waals surface area contributed by atoms with Gasteiger partial charge in [-0.2, -0.15) is 0 Å². The molecule has 3 aromatic heterocycles. The van der Waals surface area contributed by atoms with Crippen LogP contribution in [-0.4, -0.2) is 27.2 Å². The summed E-state index contributed by atoms with van der Waals surface area (Å²) in [5.74, 6) is 2.10. The summed E-state index contributed by atoms with van der Waals surface area (Å²) < 4.78 is 99.5. The lowest BCUT2D eigenvalue weighted by atomic mass is 9.93. The predicted octanol–water partition coefficient (Wildman–Crippen LogP) is 12.0. The Hall–Kier alpha value is -7.44. The number of ether oxygens (including phenoxy) is 1. The van der Waals surface area contributed by atoms with Crippen LogP contribution in [0.25, 0.3) is 72.3 Å². The van der Waals surface area contributed by atoms with Crippen LogP contribution in [0.3, 0.4) is 0 Å². The first kappa shape index (κ1) is 25.8. The van der Waals surface area contributed by atoms with Crippen LogP contribution in [0.15, 0.2) is 176 Å². The molecular formula is C54H41N5O. The third-order valence-electron chi connectivity index (χ3n) is 11.8. The summed E-state index contributed by atoms with van der Waals surface area (Å²) in [6.07, 6.45) is 9.72. The Bertz CT molecular complexity index is 3720. The number of anilines is 1. The number of hydrogen-bond acceptors (Lipinski definition) is 3. The second-order valence-corrected chi connectivity index (χ2v) is 15.2. The van der Waals surface area contributed by atoms with Gasteiger partial charge in [-0.05, 0) is 89.9 Å². The summed E-state index contributed by atoms with van der Waals surface area (Å²) in [4.78, 5) is 7.70. The SMILES string of the molecule is [2H]c1c([2H])c([2H])c(-c2cccc(-c3c([2H])c([2H])c([2H])c([2H])c3[2H])c2-[n+]2[c-]n(-c3cccc(Oc4ccc5c6ccccc6n(-c6ncc7c8c6CCCN8CCC7)c5c4)c3)c3ccccc32)c([2H])c1[2H]. The Morgan fingerprint density at radius 2 is 1.32 bits per heavy atom. The maximum absolute atomic E-state index is 9.02. The van der Waals surface area contributed by atoms with Gasteiger partial charge in [-0.25, -0.2) is 4.98 Å². The minimum Gasteiger partial charge on any atom is -0.458 e. The van der Waals surface area contributed by atoms with Gasteiger partial charge in [0.2, 0.25) is 0 Å². The number of hydrogen-bond donors (Lipinski definition) is 0. The Morgan fingerprint density at radius 1 is 0.633 bits per heavy atom. The molecular weight excluding hydrogens is 735 g/mol. The summed E-state index contributed by atoms with van der Waals surface area (Å²) in [6.45, 7) is 2.12. The molecule has 0 bridgehead atoms. The summed E-state index contributed by atoms with van der Waals surface area (Å²) in [5.41, 5.74) is 8.16. The van der Waals surface area contributed by atoms with E-state index in [2.05, 4.69) is 58.4 Å². The van der Waals surface area contributed by atoms with Gasteiger partial charge in [0.15, 0.2) is 0 Å². The zero-order chi connectivity index (χ0) is 48.3. The normalized spacial score (nSPS) is 15.9. The third-order valence-corrected chi connectivity index (χ3v) is 11.8. The smallest absolute Gasteiger partial charge is 0.269 e. The molecule has 0 N–H and O–H groups in total. The first-order valence-corrected chi connectivity index (χ1v) is 20.2. The largest absolute Gasteiger partial charge is 0.458 e. The van der Waals surface area contributed by atoms with Crippen molar-refractivity contribution in [3.63, 3.8) is 0 Å². The maximum Gasteiger partial charge on any atom is 0.269 e. The zero-order valence-electron chi connectivity index (χ0n) is 42.4. The van der Waals surface area contributed by atoms with Crippen LogP contribution in [0, 0.1) is 6.33 Å². The lowest BCUT2D eigenvalue weighted by molar-refractivity contribution is -0.571. The monoisotopic (exact) mass is 785 g/mol. The van der Waals surface area contributed by atoms with E-state index in [-0.39, 0.29) is 27.9 Å². The number of pyridine rings is 1. The van der Waals surface area contributed by atoms with Gasteiger partial charge in [0, 0.05) is 47.4 Å². The summed E-state index contributed by atoms with van der Waals surface area (Å²) in [6, 6.07) is 29.2. The number of fused-ring (bicyclic) bond motifs is 4. The molecule has 2 aliphatic heterocycles. The molecule has 0 unspecified atom stereocenters. The second-order valence-electron chi connectivity index (χ2n) is 15.2. The second kappa shape index (κ2) is 14.1. The van der Waals surface area contributed by atoms with E-state index in [0.29, 0.717) is 28.2 Å². The highest BCUT2D eigenvalue weighted by atomic mass is 16.5. The first-order valence-electron chi connectivity index (χ1n) is 25.2. The standard InChI is InChI=1S/C54H41N5O/c1-3-15-37(16-4-1)43-23-12-24-44(38-17-5-2-6-18-38)53(43)58-36-57(49-27-9-10-28-50(49)58)40-20-11-21-41(33-40)60-42-29-30-46-45-22-7-8-26-48(45)59(51(46)34-42)54-47-25-14-32-56-31-13-19-39(35-55-54)52(47)56/h1-12,15-18,20-24,26-30,33-35H,13-14,19,25,31-32H2/i1D,2D,3D,4D,5D,6D,15D,16D,17D,18D. The summed E-state index contributed by atoms with van der Waals surface area (Å²) >= 11 is 0. The molecule has 0 saturated heterocycles. The average molecular weight is 786 g/mol. The molecule has 0 radical (unpaired) electrons. The van der Waals surface area contributed by atoms with Crippen LogP contribution in [0.4, 0.5) is 5.69 Å². The van der Waals surface area contributed by atoms with E-state index in [4.69, 9.17) is 23.4 Å². The first-order chi connectivity index (χ1) is 33.9. The van der Waals surface area contributed by atoms with Crippen LogP contribution in [0.5, 0.6) is 11.5 Å². The number of aryl methyl sites for hydroxylation is 1. The molecule has 6 nitrogen and oxygen atoms in total. The highest BCUT2D eigenvalue weighted by Gasteiger charge is 2.28. The van der Waals surface area contributed by atoms with Gasteiger partial charge in [0.1, 0.15) is 17.3 Å². The van der Waals surface area contributed by atoms with Gasteiger partial charge in [-0.15, -0.1) is 0 Å². The average Bonchev–Trinajstić information content (AvgIpc) is 3.93. The molecule has 2 aliphatic rings. The molecule has 0 spiro atoms. The van der Waals surface area contributed by atoms with Crippen molar-refractivity contribution in [2.24, 2.45) is 0 Å². The van der Waals surface area contributed by atoms with Gasteiger partial charge in [-0.3, -0.25) is 13.7 Å². The van der Waals surface area contributed by atoms with Crippen molar-refractivity contribution in [2.45, 2.75) is 25.7 Å². The number of rotatable bonds is 7. The van der Waals surface area contributed by atoms with Crippen LogP contribution in [0.1, 0.15) is 37.7 Å². The lowest BCUT2D eigenvalue weighted by Gasteiger charge is -2.37. The molecule has 10 aromatic rings. The van der Waals surface area contributed by atoms with E-state index in [1.54, 1.807) is 22.8 Å². The number of nitrogens with zero attached hydrogens (tertiary/aromatic N) is 5. The Kier molecular flexibility index (Phi) is 6.08. The minimum absolute atomic E-state index is 0.122. The molecule has 6 heteroatoms. The van der Waals surface area contributed by atoms with Gasteiger partial charge in [0.25, 0.3) is 6.33 Å². The van der Waals surface area contributed by atoms with Gasteiger partial charge < -0.3 is 9.64 Å². The molecule has 5 heterocycles. The van der Waals surface area contributed by atoms with E-state index < -0.39 is 60.4 Å². The van der Waals surface area contributed by atoms with E-state index in [9.17, 15) is 0 Å². The molecule has 7 aromatic carbocycles. The minimum atomic E-state index is -0.560. The Labute approximate surface area is 362 Å². The van der Waals surface area contributed by atoms with Crippen molar-refractivity contribution < 1.29 is 23.0 Å². The number of benzene rings is 7. The van der Waals surface area contributed by atoms with Gasteiger partial charge in [0.05, 0.1) is 47.1 Å². The molecule has 0 amide bonds. The number of para-hydroxylation sites is 4. The van der Waals surface area contributed by atoms with Crippen LogP contribution in [-0.2, 0) is 12.8 Å². The van der Waals surface area contributed by atoms with Gasteiger partial charge in [-0.1, -0.05) is 127 Å². The highest BCUT2D eigenvalue weighted by molar-refractivity contribution is 6.09. The Morgan fingerprint density at radius 3 is 2.12 bits per heavy atom. The van der Waals surface area contributed by atoms with Crippen molar-refractivity contribution in [2.75, 3.05) is 18.0 Å². The molecule has 288 valence electrons. The van der Waals surface area contributed by atoms with Crippen molar-refractivity contribution in [1.82, 2.24) is 14.1 Å².